The number of nitrogens with two attached hydrogens (primary N) is 1. The number of guanidine groups is 1. The number of ether oxygens (including phenoxy) is 1. The number of hydrogen-bond acceptors (Lipinski definition) is 3. The maximum atomic E-state index is 12.2. The van der Waals surface area contributed by atoms with Crippen LogP contribution in [0.5, 0.6) is 5.75 Å². The molecule has 2 rings (SSSR count). The fraction of sp³-hybridized carbons (Fsp3) is 0.467. The number of methoxy groups -OCH3 is 1. The highest BCUT2D eigenvalue weighted by atomic mass is 35.5. The number of nitrogens with one attached hydrogen (secondary N) is 1. The lowest BCUT2D eigenvalue weighted by molar-refractivity contribution is 0.0973. The van der Waals surface area contributed by atoms with Crippen molar-refractivity contribution in [3.8, 4) is 5.75 Å². The topological polar surface area (TPSA) is 76.7 Å². The molecule has 7 heteroatoms. The molecule has 0 aromatic heterocycles. The minimum atomic E-state index is -0.369. The molecule has 3 N–H and O–H groups in total. The standard InChI is InChI=1S/C15H20ClN3O2.ClH/c1-21-13-8-7-10(16)9-12(13)14(20)19-15(17)18-11-5-3-2-4-6-11;/h7-9,11H,2-6H2,1H3,(H3,17,18,19,20);1H. The summed E-state index contributed by atoms with van der Waals surface area (Å²) in [6.07, 6.45) is 5.63. The summed E-state index contributed by atoms with van der Waals surface area (Å²) in [5.41, 5.74) is 6.16. The first-order valence-electron chi connectivity index (χ1n) is 7.08. The molecule has 0 spiro atoms. The third-order valence-corrected chi connectivity index (χ3v) is 3.78. The van der Waals surface area contributed by atoms with Crippen LogP contribution in [0, 0.1) is 0 Å². The van der Waals surface area contributed by atoms with Crippen LogP contribution in [0.4, 0.5) is 0 Å². The summed E-state index contributed by atoms with van der Waals surface area (Å²) < 4.78 is 5.15. The van der Waals surface area contributed by atoms with E-state index in [0.29, 0.717) is 16.3 Å². The molecule has 0 atom stereocenters. The van der Waals surface area contributed by atoms with E-state index >= 15 is 0 Å². The zero-order valence-electron chi connectivity index (χ0n) is 12.5. The second-order valence-electron chi connectivity index (χ2n) is 5.10. The number of carbonyl (C=O) groups excluding carboxylic acids is 1. The van der Waals surface area contributed by atoms with Gasteiger partial charge in [0.15, 0.2) is 5.96 Å². The molecule has 1 saturated carbocycles. The van der Waals surface area contributed by atoms with Gasteiger partial charge in [0.05, 0.1) is 18.7 Å². The molecule has 1 amide bonds. The van der Waals surface area contributed by atoms with Crippen LogP contribution >= 0.6 is 24.0 Å². The van der Waals surface area contributed by atoms with Gasteiger partial charge in [0.25, 0.3) is 5.91 Å². The number of carbonyl (C=O) groups is 1. The van der Waals surface area contributed by atoms with E-state index in [2.05, 4.69) is 10.3 Å². The molecule has 0 aliphatic heterocycles. The van der Waals surface area contributed by atoms with Crippen LogP contribution in [0.25, 0.3) is 0 Å². The lowest BCUT2D eigenvalue weighted by Gasteiger charge is -2.18. The minimum absolute atomic E-state index is 0. The molecule has 1 fully saturated rings. The minimum Gasteiger partial charge on any atom is -0.496 e. The highest BCUT2D eigenvalue weighted by molar-refractivity contribution is 6.31. The lowest BCUT2D eigenvalue weighted by atomic mass is 9.96. The first-order valence-corrected chi connectivity index (χ1v) is 7.46. The van der Waals surface area contributed by atoms with E-state index < -0.39 is 0 Å². The zero-order valence-corrected chi connectivity index (χ0v) is 14.0. The molecule has 122 valence electrons. The number of aliphatic imine (C=N–C) groups is 1. The number of hydrogen-bond donors (Lipinski definition) is 2. The molecular weight excluding hydrogens is 325 g/mol. The zero-order chi connectivity index (χ0) is 15.2. The van der Waals surface area contributed by atoms with Gasteiger partial charge < -0.3 is 10.5 Å². The van der Waals surface area contributed by atoms with Gasteiger partial charge in [-0.2, -0.15) is 0 Å². The Morgan fingerprint density at radius 3 is 2.68 bits per heavy atom. The number of rotatable bonds is 3. The average Bonchev–Trinajstić information content (AvgIpc) is 2.48. The fourth-order valence-electron chi connectivity index (χ4n) is 2.48. The molecule has 1 aliphatic rings. The quantitative estimate of drug-likeness (QED) is 0.652. The van der Waals surface area contributed by atoms with Crippen molar-refractivity contribution >= 4 is 35.9 Å². The van der Waals surface area contributed by atoms with Crippen LogP contribution in [-0.4, -0.2) is 25.0 Å². The maximum Gasteiger partial charge on any atom is 0.261 e. The van der Waals surface area contributed by atoms with Gasteiger partial charge >= 0.3 is 0 Å². The van der Waals surface area contributed by atoms with Crippen molar-refractivity contribution in [3.05, 3.63) is 28.8 Å². The Bertz CT molecular complexity index is 544. The van der Waals surface area contributed by atoms with Gasteiger partial charge in [-0.05, 0) is 31.0 Å². The van der Waals surface area contributed by atoms with E-state index in [4.69, 9.17) is 22.1 Å². The smallest absolute Gasteiger partial charge is 0.261 e. The normalized spacial score (nSPS) is 15.8. The molecule has 0 bridgehead atoms. The Morgan fingerprint density at radius 2 is 2.05 bits per heavy atom. The van der Waals surface area contributed by atoms with Gasteiger partial charge in [0.2, 0.25) is 0 Å². The Hall–Kier alpha value is -1.46. The predicted octanol–water partition coefficient (Wildman–Crippen LogP) is 3.15. The SMILES string of the molecule is COc1ccc(Cl)cc1C(=O)NC(N)=NC1CCCCC1.Cl. The Labute approximate surface area is 141 Å². The van der Waals surface area contributed by atoms with E-state index in [0.717, 1.165) is 25.7 Å². The predicted molar refractivity (Wildman–Crippen MR) is 91.2 cm³/mol. The van der Waals surface area contributed by atoms with E-state index in [1.165, 1.54) is 13.5 Å². The first kappa shape index (κ1) is 18.6. The van der Waals surface area contributed by atoms with Crippen molar-refractivity contribution < 1.29 is 9.53 Å². The maximum absolute atomic E-state index is 12.2. The number of halogens is 2. The van der Waals surface area contributed by atoms with Gasteiger partial charge in [-0.1, -0.05) is 30.9 Å². The third-order valence-electron chi connectivity index (χ3n) is 3.54. The van der Waals surface area contributed by atoms with Crippen molar-refractivity contribution in [2.45, 2.75) is 38.1 Å². The third kappa shape index (κ3) is 5.07. The van der Waals surface area contributed by atoms with E-state index in [1.54, 1.807) is 18.2 Å². The van der Waals surface area contributed by atoms with Crippen molar-refractivity contribution in [1.82, 2.24) is 5.32 Å². The Kier molecular flexibility index (Phi) is 7.48. The largest absolute Gasteiger partial charge is 0.496 e. The monoisotopic (exact) mass is 345 g/mol. The molecule has 0 unspecified atom stereocenters. The summed E-state index contributed by atoms with van der Waals surface area (Å²) >= 11 is 5.91. The molecular formula is C15H21Cl2N3O2. The number of nitrogens with zero attached hydrogens (tertiary/aromatic N) is 1. The van der Waals surface area contributed by atoms with E-state index in [-0.39, 0.29) is 30.3 Å². The number of amides is 1. The second-order valence-corrected chi connectivity index (χ2v) is 5.54. The van der Waals surface area contributed by atoms with Crippen LogP contribution in [0.3, 0.4) is 0 Å². The van der Waals surface area contributed by atoms with Crippen LogP contribution in [0.15, 0.2) is 23.2 Å². The van der Waals surface area contributed by atoms with Gasteiger partial charge in [0.1, 0.15) is 5.75 Å². The van der Waals surface area contributed by atoms with Crippen molar-refractivity contribution in [1.29, 1.82) is 0 Å². The molecule has 1 aromatic carbocycles. The summed E-state index contributed by atoms with van der Waals surface area (Å²) in [5, 5.41) is 3.06. The summed E-state index contributed by atoms with van der Waals surface area (Å²) in [4.78, 5) is 16.6. The van der Waals surface area contributed by atoms with Crippen molar-refractivity contribution in [2.24, 2.45) is 10.7 Å². The average molecular weight is 346 g/mol. The summed E-state index contributed by atoms with van der Waals surface area (Å²) in [5.74, 6) is 0.225. The van der Waals surface area contributed by atoms with Crippen molar-refractivity contribution in [2.75, 3.05) is 7.11 Å². The molecule has 1 aromatic rings. The molecule has 1 aliphatic carbocycles. The van der Waals surface area contributed by atoms with Crippen LogP contribution in [-0.2, 0) is 0 Å². The van der Waals surface area contributed by atoms with Gasteiger partial charge in [-0.25, -0.2) is 4.99 Å². The summed E-state index contributed by atoms with van der Waals surface area (Å²) in [6.45, 7) is 0. The summed E-state index contributed by atoms with van der Waals surface area (Å²) in [7, 11) is 1.50. The van der Waals surface area contributed by atoms with Gasteiger partial charge in [-0.3, -0.25) is 10.1 Å². The van der Waals surface area contributed by atoms with Crippen LogP contribution in [0.1, 0.15) is 42.5 Å². The molecule has 5 nitrogen and oxygen atoms in total. The van der Waals surface area contributed by atoms with Crippen molar-refractivity contribution in [3.63, 3.8) is 0 Å². The fourth-order valence-corrected chi connectivity index (χ4v) is 2.65. The Balaban J connectivity index is 0.00000242. The van der Waals surface area contributed by atoms with E-state index in [9.17, 15) is 4.79 Å². The van der Waals surface area contributed by atoms with Gasteiger partial charge in [-0.15, -0.1) is 12.4 Å². The summed E-state index contributed by atoms with van der Waals surface area (Å²) in [6, 6.07) is 5.06. The first-order chi connectivity index (χ1) is 10.1. The Morgan fingerprint density at radius 1 is 1.36 bits per heavy atom. The highest BCUT2D eigenvalue weighted by Gasteiger charge is 2.16. The number of benzene rings is 1. The molecule has 0 heterocycles. The molecule has 0 radical (unpaired) electrons. The molecule has 22 heavy (non-hydrogen) atoms. The lowest BCUT2D eigenvalue weighted by Crippen LogP contribution is -2.38. The van der Waals surface area contributed by atoms with Gasteiger partial charge in [0, 0.05) is 5.02 Å². The molecule has 0 saturated heterocycles. The second kappa shape index (κ2) is 8.86. The van der Waals surface area contributed by atoms with Crippen LogP contribution in [0.2, 0.25) is 5.02 Å². The van der Waals surface area contributed by atoms with Crippen LogP contribution < -0.4 is 15.8 Å². The van der Waals surface area contributed by atoms with E-state index in [1.807, 2.05) is 0 Å². The highest BCUT2D eigenvalue weighted by Crippen LogP contribution is 2.23.